The second-order valence-corrected chi connectivity index (χ2v) is 6.42. The van der Waals surface area contributed by atoms with Crippen molar-refractivity contribution in [2.45, 2.75) is 45.5 Å². The highest BCUT2D eigenvalue weighted by molar-refractivity contribution is 5.67. The minimum Gasteiger partial charge on any atom is -0.444 e. The van der Waals surface area contributed by atoms with Crippen LogP contribution < -0.4 is 11.1 Å². The molecule has 0 spiro atoms. The fourth-order valence-corrected chi connectivity index (χ4v) is 1.98. The van der Waals surface area contributed by atoms with E-state index in [4.69, 9.17) is 10.5 Å². The van der Waals surface area contributed by atoms with Gasteiger partial charge in [-0.3, -0.25) is 10.1 Å². The lowest BCUT2D eigenvalue weighted by Gasteiger charge is -2.23. The molecule has 0 heterocycles. The molecule has 2 unspecified atom stereocenters. The third-order valence-corrected chi connectivity index (χ3v) is 3.15. The number of alkyl carbamates (subject to hydrolysis) is 1. The predicted molar refractivity (Wildman–Crippen MR) is 87.4 cm³/mol. The number of nitrogens with two attached hydrogens (primary N) is 1. The van der Waals surface area contributed by atoms with Crippen LogP contribution in [0.1, 0.15) is 38.0 Å². The Bertz CT molecular complexity index is 626. The molecule has 9 nitrogen and oxygen atoms in total. The SMILES string of the molecule is Cc1cc([N+](=O)[O-])cc(C(O)C(O)CNC(=O)OC(C)(C)C)c1N. The van der Waals surface area contributed by atoms with E-state index >= 15 is 0 Å². The summed E-state index contributed by atoms with van der Waals surface area (Å²) >= 11 is 0. The molecule has 0 aliphatic rings. The summed E-state index contributed by atoms with van der Waals surface area (Å²) in [6.45, 7) is 6.31. The van der Waals surface area contributed by atoms with Gasteiger partial charge in [-0.2, -0.15) is 0 Å². The Morgan fingerprint density at radius 3 is 2.50 bits per heavy atom. The van der Waals surface area contributed by atoms with Crippen molar-refractivity contribution in [3.63, 3.8) is 0 Å². The number of nitrogens with one attached hydrogen (secondary N) is 1. The molecule has 1 aromatic carbocycles. The first kappa shape index (κ1) is 19.7. The quantitative estimate of drug-likeness (QED) is 0.359. The number of ether oxygens (including phenoxy) is 1. The second kappa shape index (κ2) is 7.45. The number of hydrogen-bond acceptors (Lipinski definition) is 7. The molecule has 1 aromatic rings. The number of rotatable bonds is 5. The number of anilines is 1. The molecule has 1 rings (SSSR count). The molecule has 5 N–H and O–H groups in total. The van der Waals surface area contributed by atoms with Crippen LogP contribution in [-0.4, -0.2) is 39.5 Å². The summed E-state index contributed by atoms with van der Waals surface area (Å²) in [5.74, 6) is 0. The summed E-state index contributed by atoms with van der Waals surface area (Å²) < 4.78 is 5.01. The Kier molecular flexibility index (Phi) is 6.10. The monoisotopic (exact) mass is 341 g/mol. The number of aliphatic hydroxyl groups excluding tert-OH is 2. The molecule has 0 fully saturated rings. The van der Waals surface area contributed by atoms with E-state index in [0.717, 1.165) is 6.07 Å². The van der Waals surface area contributed by atoms with Gasteiger partial charge in [0.2, 0.25) is 0 Å². The summed E-state index contributed by atoms with van der Waals surface area (Å²) in [4.78, 5) is 21.8. The molecule has 0 aliphatic carbocycles. The van der Waals surface area contributed by atoms with Crippen LogP contribution in [0.15, 0.2) is 12.1 Å². The Hall–Kier alpha value is -2.39. The molecular weight excluding hydrogens is 318 g/mol. The number of aryl methyl sites for hydroxylation is 1. The van der Waals surface area contributed by atoms with Gasteiger partial charge < -0.3 is 26.0 Å². The molecule has 9 heteroatoms. The molecular formula is C15H23N3O6. The van der Waals surface area contributed by atoms with Crippen LogP contribution in [0.25, 0.3) is 0 Å². The van der Waals surface area contributed by atoms with Gasteiger partial charge in [0.15, 0.2) is 0 Å². The van der Waals surface area contributed by atoms with Gasteiger partial charge in [-0.1, -0.05) is 0 Å². The Balaban J connectivity index is 2.84. The molecule has 134 valence electrons. The van der Waals surface area contributed by atoms with E-state index < -0.39 is 28.8 Å². The van der Waals surface area contributed by atoms with Crippen LogP contribution in [0.3, 0.4) is 0 Å². The number of benzene rings is 1. The van der Waals surface area contributed by atoms with Crippen molar-refractivity contribution in [2.24, 2.45) is 0 Å². The van der Waals surface area contributed by atoms with Crippen LogP contribution in [0, 0.1) is 17.0 Å². The number of carbonyl (C=O) groups excluding carboxylic acids is 1. The van der Waals surface area contributed by atoms with E-state index in [0.29, 0.717) is 5.56 Å². The summed E-state index contributed by atoms with van der Waals surface area (Å²) in [7, 11) is 0. The zero-order valence-corrected chi connectivity index (χ0v) is 14.1. The maximum absolute atomic E-state index is 11.5. The van der Waals surface area contributed by atoms with Gasteiger partial charge in [-0.15, -0.1) is 0 Å². The molecule has 0 saturated heterocycles. The van der Waals surface area contributed by atoms with Gasteiger partial charge in [0, 0.05) is 29.9 Å². The lowest BCUT2D eigenvalue weighted by molar-refractivity contribution is -0.385. The molecule has 2 atom stereocenters. The number of nitro groups is 1. The number of aliphatic hydroxyl groups is 2. The predicted octanol–water partition coefficient (Wildman–Crippen LogP) is 1.40. The normalized spacial score (nSPS) is 13.9. The molecule has 0 bridgehead atoms. The molecule has 0 aromatic heterocycles. The molecule has 1 amide bonds. The van der Waals surface area contributed by atoms with Gasteiger partial charge in [-0.25, -0.2) is 4.79 Å². The summed E-state index contributed by atoms with van der Waals surface area (Å²) in [6.07, 6.45) is -3.67. The number of nitrogens with zero attached hydrogens (tertiary/aromatic N) is 1. The highest BCUT2D eigenvalue weighted by Crippen LogP contribution is 2.30. The minimum atomic E-state index is -1.50. The average Bonchev–Trinajstić information content (AvgIpc) is 2.44. The Morgan fingerprint density at radius 2 is 2.00 bits per heavy atom. The van der Waals surface area contributed by atoms with Crippen LogP contribution in [0.5, 0.6) is 0 Å². The third kappa shape index (κ3) is 5.36. The van der Waals surface area contributed by atoms with Gasteiger partial charge in [-0.05, 0) is 33.3 Å². The van der Waals surface area contributed by atoms with Crippen molar-refractivity contribution < 1.29 is 24.7 Å². The lowest BCUT2D eigenvalue weighted by atomic mass is 9.98. The fraction of sp³-hybridized carbons (Fsp3) is 0.533. The topological polar surface area (TPSA) is 148 Å². The summed E-state index contributed by atoms with van der Waals surface area (Å²) in [5, 5.41) is 33.4. The smallest absolute Gasteiger partial charge is 0.407 e. The number of hydrogen-bond donors (Lipinski definition) is 4. The largest absolute Gasteiger partial charge is 0.444 e. The number of non-ortho nitro benzene ring substituents is 1. The maximum Gasteiger partial charge on any atom is 0.407 e. The highest BCUT2D eigenvalue weighted by atomic mass is 16.6. The van der Waals surface area contributed by atoms with E-state index in [1.54, 1.807) is 27.7 Å². The first-order valence-corrected chi connectivity index (χ1v) is 7.29. The van der Waals surface area contributed by atoms with Crippen molar-refractivity contribution in [1.82, 2.24) is 5.32 Å². The van der Waals surface area contributed by atoms with Gasteiger partial charge in [0.1, 0.15) is 17.8 Å². The Morgan fingerprint density at radius 1 is 1.42 bits per heavy atom. The van der Waals surface area contributed by atoms with E-state index in [1.165, 1.54) is 6.07 Å². The zero-order chi connectivity index (χ0) is 18.7. The summed E-state index contributed by atoms with van der Waals surface area (Å²) in [5.41, 5.74) is 5.46. The van der Waals surface area contributed by atoms with Gasteiger partial charge in [0.25, 0.3) is 5.69 Å². The first-order valence-electron chi connectivity index (χ1n) is 7.29. The van der Waals surface area contributed by atoms with Crippen molar-refractivity contribution in [1.29, 1.82) is 0 Å². The maximum atomic E-state index is 11.5. The molecule has 0 radical (unpaired) electrons. The van der Waals surface area contributed by atoms with Crippen molar-refractivity contribution >= 4 is 17.5 Å². The molecule has 0 saturated carbocycles. The van der Waals surface area contributed by atoms with Crippen molar-refractivity contribution in [2.75, 3.05) is 12.3 Å². The van der Waals surface area contributed by atoms with E-state index in [1.807, 2.05) is 0 Å². The lowest BCUT2D eigenvalue weighted by Crippen LogP contribution is -2.39. The minimum absolute atomic E-state index is 0.0280. The van der Waals surface area contributed by atoms with Crippen LogP contribution in [0.4, 0.5) is 16.2 Å². The molecule has 24 heavy (non-hydrogen) atoms. The number of nitrogen functional groups attached to an aromatic ring is 1. The third-order valence-electron chi connectivity index (χ3n) is 3.15. The van der Waals surface area contributed by atoms with E-state index in [9.17, 15) is 25.1 Å². The van der Waals surface area contributed by atoms with Crippen LogP contribution in [0.2, 0.25) is 0 Å². The van der Waals surface area contributed by atoms with Crippen LogP contribution >= 0.6 is 0 Å². The highest BCUT2D eigenvalue weighted by Gasteiger charge is 2.25. The number of amides is 1. The van der Waals surface area contributed by atoms with Gasteiger partial charge in [0.05, 0.1) is 4.92 Å². The Labute approximate surface area is 139 Å². The molecule has 0 aliphatic heterocycles. The second-order valence-electron chi connectivity index (χ2n) is 6.42. The number of carbonyl (C=O) groups is 1. The standard InChI is InChI=1S/C15H23N3O6/c1-8-5-9(18(22)23)6-10(12(8)16)13(20)11(19)7-17-14(21)24-15(2,3)4/h5-6,11,13,19-20H,7,16H2,1-4H3,(H,17,21). The number of nitro benzene ring substituents is 1. The van der Waals surface area contributed by atoms with Crippen molar-refractivity contribution in [3.05, 3.63) is 33.4 Å². The summed E-state index contributed by atoms with van der Waals surface area (Å²) in [6, 6.07) is 2.38. The van der Waals surface area contributed by atoms with Gasteiger partial charge >= 0.3 is 6.09 Å². The zero-order valence-electron chi connectivity index (χ0n) is 14.1. The average molecular weight is 341 g/mol. The first-order chi connectivity index (χ1) is 10.9. The fourth-order valence-electron chi connectivity index (χ4n) is 1.98. The van der Waals surface area contributed by atoms with Crippen molar-refractivity contribution in [3.8, 4) is 0 Å². The van der Waals surface area contributed by atoms with E-state index in [2.05, 4.69) is 5.32 Å². The van der Waals surface area contributed by atoms with E-state index in [-0.39, 0.29) is 23.5 Å². The van der Waals surface area contributed by atoms with Crippen LogP contribution in [-0.2, 0) is 4.74 Å².